The first-order chi connectivity index (χ1) is 7.84. The predicted molar refractivity (Wildman–Crippen MR) is 69.5 cm³/mol. The third-order valence-corrected chi connectivity index (χ3v) is 4.73. The SMILES string of the molecule is CC1(C)CCCCC1NC(=O)C(C)(N)C1CC1. The lowest BCUT2D eigenvalue weighted by Crippen LogP contribution is -2.58. The van der Waals surface area contributed by atoms with Crippen LogP contribution in [0.2, 0.25) is 0 Å². The van der Waals surface area contributed by atoms with E-state index in [1.165, 1.54) is 19.3 Å². The maximum Gasteiger partial charge on any atom is 0.240 e. The number of hydrogen-bond donors (Lipinski definition) is 2. The minimum absolute atomic E-state index is 0.0555. The van der Waals surface area contributed by atoms with E-state index in [1.54, 1.807) is 0 Å². The quantitative estimate of drug-likeness (QED) is 0.792. The molecule has 2 atom stereocenters. The Hall–Kier alpha value is -0.570. The summed E-state index contributed by atoms with van der Waals surface area (Å²) in [5, 5.41) is 3.21. The smallest absolute Gasteiger partial charge is 0.240 e. The first-order valence-electron chi connectivity index (χ1n) is 6.94. The molecule has 0 aromatic rings. The Labute approximate surface area is 105 Å². The van der Waals surface area contributed by atoms with Crippen LogP contribution >= 0.6 is 0 Å². The highest BCUT2D eigenvalue weighted by Crippen LogP contribution is 2.39. The van der Waals surface area contributed by atoms with Crippen LogP contribution in [0.3, 0.4) is 0 Å². The molecule has 0 bridgehead atoms. The van der Waals surface area contributed by atoms with Gasteiger partial charge in [0, 0.05) is 6.04 Å². The van der Waals surface area contributed by atoms with Crippen LogP contribution in [0.5, 0.6) is 0 Å². The maximum atomic E-state index is 12.3. The van der Waals surface area contributed by atoms with Crippen molar-refractivity contribution < 1.29 is 4.79 Å². The fourth-order valence-electron chi connectivity index (χ4n) is 2.94. The molecule has 2 fully saturated rings. The molecule has 0 heterocycles. The monoisotopic (exact) mass is 238 g/mol. The molecule has 2 unspecified atom stereocenters. The molecule has 3 N–H and O–H groups in total. The van der Waals surface area contributed by atoms with E-state index in [0.717, 1.165) is 19.3 Å². The Balaban J connectivity index is 1.97. The van der Waals surface area contributed by atoms with Crippen LogP contribution in [0.1, 0.15) is 59.3 Å². The lowest BCUT2D eigenvalue weighted by molar-refractivity contribution is -0.128. The molecule has 2 rings (SSSR count). The molecule has 2 aliphatic carbocycles. The van der Waals surface area contributed by atoms with Gasteiger partial charge in [-0.2, -0.15) is 0 Å². The molecule has 0 aromatic carbocycles. The van der Waals surface area contributed by atoms with Gasteiger partial charge in [-0.3, -0.25) is 4.79 Å². The molecular formula is C14H26N2O. The van der Waals surface area contributed by atoms with E-state index in [9.17, 15) is 4.79 Å². The molecule has 0 spiro atoms. The van der Waals surface area contributed by atoms with Crippen molar-refractivity contribution in [2.75, 3.05) is 0 Å². The van der Waals surface area contributed by atoms with E-state index in [1.807, 2.05) is 6.92 Å². The van der Waals surface area contributed by atoms with Crippen molar-refractivity contribution in [1.82, 2.24) is 5.32 Å². The second kappa shape index (κ2) is 4.27. The van der Waals surface area contributed by atoms with E-state index < -0.39 is 5.54 Å². The van der Waals surface area contributed by atoms with Crippen LogP contribution in [0.4, 0.5) is 0 Å². The van der Waals surface area contributed by atoms with Gasteiger partial charge in [-0.15, -0.1) is 0 Å². The predicted octanol–water partition coefficient (Wildman–Crippen LogP) is 2.20. The molecule has 98 valence electrons. The number of carbonyl (C=O) groups excluding carboxylic acids is 1. The Morgan fingerprint density at radius 1 is 1.29 bits per heavy atom. The number of amides is 1. The first-order valence-corrected chi connectivity index (χ1v) is 6.94. The fourth-order valence-corrected chi connectivity index (χ4v) is 2.94. The highest BCUT2D eigenvalue weighted by molar-refractivity contribution is 5.86. The summed E-state index contributed by atoms with van der Waals surface area (Å²) >= 11 is 0. The molecule has 17 heavy (non-hydrogen) atoms. The molecule has 3 heteroatoms. The Morgan fingerprint density at radius 3 is 2.47 bits per heavy atom. The molecule has 0 saturated heterocycles. The molecule has 3 nitrogen and oxygen atoms in total. The number of nitrogens with two attached hydrogens (primary N) is 1. The number of nitrogens with one attached hydrogen (secondary N) is 1. The summed E-state index contributed by atoms with van der Waals surface area (Å²) in [5.41, 5.74) is 5.72. The summed E-state index contributed by atoms with van der Waals surface area (Å²) in [5.74, 6) is 0.453. The van der Waals surface area contributed by atoms with Crippen LogP contribution in [-0.2, 0) is 4.79 Å². The van der Waals surface area contributed by atoms with Gasteiger partial charge in [0.25, 0.3) is 0 Å². The molecule has 0 radical (unpaired) electrons. The van der Waals surface area contributed by atoms with Gasteiger partial charge < -0.3 is 11.1 Å². The lowest BCUT2D eigenvalue weighted by atomic mass is 9.73. The molecular weight excluding hydrogens is 212 g/mol. The third-order valence-electron chi connectivity index (χ3n) is 4.73. The van der Waals surface area contributed by atoms with E-state index in [4.69, 9.17) is 5.73 Å². The summed E-state index contributed by atoms with van der Waals surface area (Å²) < 4.78 is 0. The number of rotatable bonds is 3. The summed E-state index contributed by atoms with van der Waals surface area (Å²) in [7, 11) is 0. The largest absolute Gasteiger partial charge is 0.351 e. The highest BCUT2D eigenvalue weighted by atomic mass is 16.2. The van der Waals surface area contributed by atoms with Gasteiger partial charge in [0.2, 0.25) is 5.91 Å². The zero-order chi connectivity index (χ0) is 12.7. The molecule has 2 saturated carbocycles. The summed E-state index contributed by atoms with van der Waals surface area (Å²) in [6.07, 6.45) is 7.01. The van der Waals surface area contributed by atoms with Crippen LogP contribution in [-0.4, -0.2) is 17.5 Å². The second-order valence-electron chi connectivity index (χ2n) is 6.82. The van der Waals surface area contributed by atoms with Gasteiger partial charge in [-0.25, -0.2) is 0 Å². The Morgan fingerprint density at radius 2 is 1.94 bits per heavy atom. The average Bonchev–Trinajstić information content (AvgIpc) is 3.04. The minimum Gasteiger partial charge on any atom is -0.351 e. The summed E-state index contributed by atoms with van der Waals surface area (Å²) in [6, 6.07) is 0.297. The van der Waals surface area contributed by atoms with Crippen LogP contribution in [0, 0.1) is 11.3 Å². The summed E-state index contributed by atoms with van der Waals surface area (Å²) in [4.78, 5) is 12.3. The fraction of sp³-hybridized carbons (Fsp3) is 0.929. The molecule has 0 aromatic heterocycles. The topological polar surface area (TPSA) is 55.1 Å². The Kier molecular flexibility index (Phi) is 3.23. The van der Waals surface area contributed by atoms with Gasteiger partial charge in [0.05, 0.1) is 5.54 Å². The third kappa shape index (κ3) is 2.65. The van der Waals surface area contributed by atoms with E-state index >= 15 is 0 Å². The van der Waals surface area contributed by atoms with Gasteiger partial charge in [0.1, 0.15) is 0 Å². The molecule has 0 aliphatic heterocycles. The van der Waals surface area contributed by atoms with Crippen molar-refractivity contribution in [3.05, 3.63) is 0 Å². The van der Waals surface area contributed by atoms with Gasteiger partial charge in [-0.1, -0.05) is 26.7 Å². The zero-order valence-electron chi connectivity index (χ0n) is 11.4. The van der Waals surface area contributed by atoms with Crippen molar-refractivity contribution in [3.63, 3.8) is 0 Å². The highest BCUT2D eigenvalue weighted by Gasteiger charge is 2.45. The maximum absolute atomic E-state index is 12.3. The van der Waals surface area contributed by atoms with Crippen LogP contribution in [0.25, 0.3) is 0 Å². The van der Waals surface area contributed by atoms with Crippen molar-refractivity contribution in [2.45, 2.75) is 70.9 Å². The minimum atomic E-state index is -0.659. The zero-order valence-corrected chi connectivity index (χ0v) is 11.4. The van der Waals surface area contributed by atoms with Gasteiger partial charge >= 0.3 is 0 Å². The van der Waals surface area contributed by atoms with E-state index in [0.29, 0.717) is 12.0 Å². The first kappa shape index (κ1) is 12.9. The van der Waals surface area contributed by atoms with Crippen LogP contribution < -0.4 is 11.1 Å². The molecule has 1 amide bonds. The van der Waals surface area contributed by atoms with Gasteiger partial charge in [-0.05, 0) is 43.9 Å². The molecule has 2 aliphatic rings. The van der Waals surface area contributed by atoms with Crippen molar-refractivity contribution in [1.29, 1.82) is 0 Å². The average molecular weight is 238 g/mol. The van der Waals surface area contributed by atoms with Gasteiger partial charge in [0.15, 0.2) is 0 Å². The second-order valence-corrected chi connectivity index (χ2v) is 6.82. The van der Waals surface area contributed by atoms with Crippen molar-refractivity contribution in [3.8, 4) is 0 Å². The summed E-state index contributed by atoms with van der Waals surface area (Å²) in [6.45, 7) is 6.39. The normalized spacial score (nSPS) is 31.6. The number of hydrogen-bond acceptors (Lipinski definition) is 2. The number of carbonyl (C=O) groups is 1. The van der Waals surface area contributed by atoms with E-state index in [-0.39, 0.29) is 11.3 Å². The standard InChI is InChI=1S/C14H26N2O/c1-13(2)9-5-4-6-11(13)16-12(17)14(3,15)10-7-8-10/h10-11H,4-9,15H2,1-3H3,(H,16,17). The van der Waals surface area contributed by atoms with Crippen LogP contribution in [0.15, 0.2) is 0 Å². The van der Waals surface area contributed by atoms with Crippen molar-refractivity contribution >= 4 is 5.91 Å². The Bertz CT molecular complexity index is 305. The van der Waals surface area contributed by atoms with Crippen molar-refractivity contribution in [2.24, 2.45) is 17.1 Å². The van der Waals surface area contributed by atoms with E-state index in [2.05, 4.69) is 19.2 Å². The lowest BCUT2D eigenvalue weighted by Gasteiger charge is -2.40.